The number of hydrogen-bond acceptors (Lipinski definition) is 3. The van der Waals surface area contributed by atoms with E-state index in [1.165, 1.54) is 5.56 Å². The minimum Gasteiger partial charge on any atom is -0.497 e. The van der Waals surface area contributed by atoms with E-state index in [-0.39, 0.29) is 11.7 Å². The lowest BCUT2D eigenvalue weighted by Gasteiger charge is -2.15. The predicted octanol–water partition coefficient (Wildman–Crippen LogP) is 4.89. The lowest BCUT2D eigenvalue weighted by Crippen LogP contribution is -2.11. The van der Waals surface area contributed by atoms with Crippen LogP contribution in [0.25, 0.3) is 0 Å². The molecule has 0 aliphatic rings. The van der Waals surface area contributed by atoms with Crippen LogP contribution in [-0.2, 0) is 6.42 Å². The number of carbonyl (C=O) groups excluding carboxylic acids is 1. The average molecular weight is 326 g/mol. The number of benzene rings is 2. The van der Waals surface area contributed by atoms with Gasteiger partial charge in [-0.15, -0.1) is 0 Å². The second-order valence-electron chi connectivity index (χ2n) is 6.49. The Bertz CT molecular complexity index is 687. The fraction of sp³-hybridized carbons (Fsp3) is 0.381. The number of methoxy groups -OCH3 is 2. The molecular weight excluding hydrogens is 300 g/mol. The molecule has 0 fully saturated rings. The van der Waals surface area contributed by atoms with Crippen molar-refractivity contribution in [1.29, 1.82) is 0 Å². The van der Waals surface area contributed by atoms with Crippen molar-refractivity contribution < 1.29 is 14.3 Å². The molecule has 2 rings (SSSR count). The Kier molecular flexibility index (Phi) is 6.02. The minimum atomic E-state index is -0.222. The predicted molar refractivity (Wildman–Crippen MR) is 97.3 cm³/mol. The summed E-state index contributed by atoms with van der Waals surface area (Å²) in [5.74, 6) is 1.67. The van der Waals surface area contributed by atoms with Gasteiger partial charge in [0.2, 0.25) is 0 Å². The van der Waals surface area contributed by atoms with Gasteiger partial charge in [-0.2, -0.15) is 0 Å². The first-order valence-corrected chi connectivity index (χ1v) is 8.31. The van der Waals surface area contributed by atoms with Crippen LogP contribution in [0.1, 0.15) is 48.2 Å². The third kappa shape index (κ3) is 4.16. The monoisotopic (exact) mass is 326 g/mol. The summed E-state index contributed by atoms with van der Waals surface area (Å²) in [6, 6.07) is 13.6. The Morgan fingerprint density at radius 3 is 2.17 bits per heavy atom. The largest absolute Gasteiger partial charge is 0.497 e. The second-order valence-corrected chi connectivity index (χ2v) is 6.49. The van der Waals surface area contributed by atoms with Crippen LogP contribution in [0.15, 0.2) is 42.5 Å². The third-order valence-electron chi connectivity index (χ3n) is 4.19. The molecule has 0 N–H and O–H groups in total. The van der Waals surface area contributed by atoms with Crippen LogP contribution >= 0.6 is 0 Å². The Hall–Kier alpha value is -2.29. The van der Waals surface area contributed by atoms with E-state index in [1.54, 1.807) is 32.4 Å². The van der Waals surface area contributed by atoms with Gasteiger partial charge in [0.05, 0.1) is 19.8 Å². The number of ketones is 1. The molecule has 0 heterocycles. The first-order chi connectivity index (χ1) is 11.5. The third-order valence-corrected chi connectivity index (χ3v) is 4.19. The van der Waals surface area contributed by atoms with Crippen molar-refractivity contribution >= 4 is 5.78 Å². The van der Waals surface area contributed by atoms with Gasteiger partial charge < -0.3 is 9.47 Å². The number of hydrogen-bond donors (Lipinski definition) is 0. The molecule has 2 aromatic rings. The Morgan fingerprint density at radius 2 is 1.62 bits per heavy atom. The quantitative estimate of drug-likeness (QED) is 0.680. The maximum atomic E-state index is 12.9. The molecule has 2 aromatic carbocycles. The molecule has 0 radical (unpaired) electrons. The van der Waals surface area contributed by atoms with Crippen LogP contribution in [0.2, 0.25) is 0 Å². The van der Waals surface area contributed by atoms with Crippen molar-refractivity contribution in [2.24, 2.45) is 5.92 Å². The van der Waals surface area contributed by atoms with Gasteiger partial charge in [0, 0.05) is 12.0 Å². The molecule has 3 nitrogen and oxygen atoms in total. The van der Waals surface area contributed by atoms with Crippen molar-refractivity contribution in [2.45, 2.75) is 33.1 Å². The molecule has 0 bridgehead atoms. The number of carbonyl (C=O) groups is 1. The van der Waals surface area contributed by atoms with Crippen molar-refractivity contribution in [1.82, 2.24) is 0 Å². The summed E-state index contributed by atoms with van der Waals surface area (Å²) >= 11 is 0. The van der Waals surface area contributed by atoms with E-state index >= 15 is 0 Å². The molecule has 128 valence electrons. The summed E-state index contributed by atoms with van der Waals surface area (Å²) < 4.78 is 10.5. The molecule has 1 atom stereocenters. The summed E-state index contributed by atoms with van der Waals surface area (Å²) in [6.07, 6.45) is 1.05. The Balaban J connectivity index is 2.23. The molecule has 24 heavy (non-hydrogen) atoms. The van der Waals surface area contributed by atoms with Gasteiger partial charge in [-0.3, -0.25) is 4.79 Å². The van der Waals surface area contributed by atoms with E-state index in [2.05, 4.69) is 38.1 Å². The van der Waals surface area contributed by atoms with Crippen LogP contribution in [0.3, 0.4) is 0 Å². The van der Waals surface area contributed by atoms with Crippen LogP contribution in [-0.4, -0.2) is 20.0 Å². The number of rotatable bonds is 7. The smallest absolute Gasteiger partial charge is 0.173 e. The van der Waals surface area contributed by atoms with Crippen LogP contribution in [0.5, 0.6) is 11.5 Å². The second kappa shape index (κ2) is 8.00. The maximum Gasteiger partial charge on any atom is 0.173 e. The summed E-state index contributed by atoms with van der Waals surface area (Å²) in [4.78, 5) is 12.9. The van der Waals surface area contributed by atoms with Crippen LogP contribution in [0, 0.1) is 5.92 Å². The van der Waals surface area contributed by atoms with Crippen LogP contribution < -0.4 is 9.47 Å². The molecule has 0 aliphatic heterocycles. The summed E-state index contributed by atoms with van der Waals surface area (Å²) in [5.41, 5.74) is 2.90. The van der Waals surface area contributed by atoms with Crippen molar-refractivity contribution in [2.75, 3.05) is 14.2 Å². The lowest BCUT2D eigenvalue weighted by molar-refractivity contribution is 0.0963. The van der Waals surface area contributed by atoms with Crippen molar-refractivity contribution in [3.63, 3.8) is 0 Å². The standard InChI is InChI=1S/C21H26O3/c1-14(2)12-16-6-8-17(9-7-16)15(3)21(22)19-11-10-18(23-4)13-20(19)24-5/h6-11,13-15H,12H2,1-5H3/t15-/m1/s1. The van der Waals surface area contributed by atoms with Crippen LogP contribution in [0.4, 0.5) is 0 Å². The molecule has 0 spiro atoms. The highest BCUT2D eigenvalue weighted by Gasteiger charge is 2.21. The maximum absolute atomic E-state index is 12.9. The van der Waals surface area contributed by atoms with Crippen molar-refractivity contribution in [3.8, 4) is 11.5 Å². The first-order valence-electron chi connectivity index (χ1n) is 8.31. The van der Waals surface area contributed by atoms with E-state index in [1.807, 2.05) is 6.92 Å². The van der Waals surface area contributed by atoms with Gasteiger partial charge in [-0.05, 0) is 35.6 Å². The molecule has 0 saturated carbocycles. The van der Waals surface area contributed by atoms with Gasteiger partial charge in [-0.25, -0.2) is 0 Å². The Morgan fingerprint density at radius 1 is 0.958 bits per heavy atom. The summed E-state index contributed by atoms with van der Waals surface area (Å²) in [5, 5.41) is 0. The molecule has 0 amide bonds. The van der Waals surface area contributed by atoms with E-state index in [0.29, 0.717) is 23.0 Å². The van der Waals surface area contributed by atoms with E-state index < -0.39 is 0 Å². The van der Waals surface area contributed by atoms with Gasteiger partial charge >= 0.3 is 0 Å². The highest BCUT2D eigenvalue weighted by atomic mass is 16.5. The molecule has 0 aromatic heterocycles. The molecule has 0 unspecified atom stereocenters. The topological polar surface area (TPSA) is 35.5 Å². The number of Topliss-reactive ketones (excluding diaryl/α,β-unsaturated/α-hetero) is 1. The Labute approximate surface area is 144 Å². The van der Waals surface area contributed by atoms with Gasteiger partial charge in [0.1, 0.15) is 11.5 Å². The highest BCUT2D eigenvalue weighted by molar-refractivity contribution is 6.03. The van der Waals surface area contributed by atoms with E-state index in [9.17, 15) is 4.79 Å². The molecular formula is C21H26O3. The van der Waals surface area contributed by atoms with Crippen molar-refractivity contribution in [3.05, 3.63) is 59.2 Å². The van der Waals surface area contributed by atoms with Gasteiger partial charge in [-0.1, -0.05) is 45.0 Å². The fourth-order valence-electron chi connectivity index (χ4n) is 2.80. The molecule has 3 heteroatoms. The molecule has 0 aliphatic carbocycles. The minimum absolute atomic E-state index is 0.0473. The zero-order chi connectivity index (χ0) is 17.7. The lowest BCUT2D eigenvalue weighted by atomic mass is 9.90. The normalized spacial score (nSPS) is 12.1. The highest BCUT2D eigenvalue weighted by Crippen LogP contribution is 2.30. The molecule has 0 saturated heterocycles. The summed E-state index contributed by atoms with van der Waals surface area (Å²) in [6.45, 7) is 6.34. The first kappa shape index (κ1) is 18.1. The van der Waals surface area contributed by atoms with Gasteiger partial charge in [0.25, 0.3) is 0 Å². The number of ether oxygens (including phenoxy) is 2. The SMILES string of the molecule is COc1ccc(C(=O)[C@H](C)c2ccc(CC(C)C)cc2)c(OC)c1. The van der Waals surface area contributed by atoms with E-state index in [0.717, 1.165) is 12.0 Å². The average Bonchev–Trinajstić information content (AvgIpc) is 2.60. The fourth-order valence-corrected chi connectivity index (χ4v) is 2.80. The summed E-state index contributed by atoms with van der Waals surface area (Å²) in [7, 11) is 3.16. The zero-order valence-electron chi connectivity index (χ0n) is 15.1. The van der Waals surface area contributed by atoms with Gasteiger partial charge in [0.15, 0.2) is 5.78 Å². The zero-order valence-corrected chi connectivity index (χ0v) is 15.1. The van der Waals surface area contributed by atoms with E-state index in [4.69, 9.17) is 9.47 Å².